The van der Waals surface area contributed by atoms with Crippen molar-refractivity contribution in [3.05, 3.63) is 36.2 Å². The predicted octanol–water partition coefficient (Wildman–Crippen LogP) is 5.43. The zero-order valence-corrected chi connectivity index (χ0v) is 23.8. The molecular formula is C29H39F2N7O3. The second-order valence-corrected chi connectivity index (χ2v) is 10.6. The minimum atomic E-state index is -2.78. The molecule has 10 nitrogen and oxygen atoms in total. The maximum atomic E-state index is 14.2. The molecule has 2 fully saturated rings. The van der Waals surface area contributed by atoms with Gasteiger partial charge in [0.1, 0.15) is 11.6 Å². The van der Waals surface area contributed by atoms with Gasteiger partial charge in [0, 0.05) is 32.2 Å². The molecule has 222 valence electrons. The van der Waals surface area contributed by atoms with Gasteiger partial charge in [0.25, 0.3) is 6.43 Å². The van der Waals surface area contributed by atoms with Crippen molar-refractivity contribution in [3.8, 4) is 5.82 Å². The average Bonchev–Trinajstić information content (AvgIpc) is 3.40. The molecular weight excluding hydrogens is 532 g/mol. The van der Waals surface area contributed by atoms with E-state index in [0.29, 0.717) is 80.5 Å². The van der Waals surface area contributed by atoms with Crippen molar-refractivity contribution in [3.63, 3.8) is 0 Å². The highest BCUT2D eigenvalue weighted by atomic mass is 19.3. The Bertz CT molecular complexity index is 1310. The second kappa shape index (κ2) is 13.4. The Balaban J connectivity index is 1.38. The fourth-order valence-electron chi connectivity index (χ4n) is 5.44. The topological polar surface area (TPSA) is 97.6 Å². The number of hydrogen-bond donors (Lipinski definition) is 1. The smallest absolute Gasteiger partial charge is 0.409 e. The molecule has 2 saturated heterocycles. The zero-order valence-electron chi connectivity index (χ0n) is 23.8. The van der Waals surface area contributed by atoms with E-state index >= 15 is 0 Å². The molecule has 2 aromatic heterocycles. The summed E-state index contributed by atoms with van der Waals surface area (Å²) in [6.45, 7) is 8.27. The number of fused-ring (bicyclic) bond motifs is 1. The first kappa shape index (κ1) is 29.0. The summed E-state index contributed by atoms with van der Waals surface area (Å²) in [6, 6.07) is 8.96. The van der Waals surface area contributed by atoms with Gasteiger partial charge in [0.15, 0.2) is 5.82 Å². The van der Waals surface area contributed by atoms with Crippen LogP contribution in [0.4, 0.5) is 25.3 Å². The highest BCUT2D eigenvalue weighted by Gasteiger charge is 2.27. The summed E-state index contributed by atoms with van der Waals surface area (Å²) in [7, 11) is 0. The molecule has 5 rings (SSSR count). The number of nitrogens with zero attached hydrogens (tertiary/aromatic N) is 6. The summed E-state index contributed by atoms with van der Waals surface area (Å²) in [4.78, 5) is 30.0. The van der Waals surface area contributed by atoms with E-state index in [0.717, 1.165) is 32.1 Å². The van der Waals surface area contributed by atoms with Crippen molar-refractivity contribution >= 4 is 28.9 Å². The van der Waals surface area contributed by atoms with Crippen LogP contribution in [0.25, 0.3) is 16.9 Å². The lowest BCUT2D eigenvalue weighted by molar-refractivity contribution is 0.0876. The number of unbranched alkanes of at least 4 members (excludes halogenated alkanes) is 1. The number of aromatic nitrogens is 4. The summed E-state index contributed by atoms with van der Waals surface area (Å²) in [5.41, 5.74) is 1.04. The summed E-state index contributed by atoms with van der Waals surface area (Å²) in [6.07, 6.45) is 1.34. The Morgan fingerprint density at radius 2 is 1.90 bits per heavy atom. The molecule has 0 saturated carbocycles. The third-order valence-electron chi connectivity index (χ3n) is 7.85. The Labute approximate surface area is 239 Å². The summed E-state index contributed by atoms with van der Waals surface area (Å²) in [5.74, 6) is 1.33. The Hall–Kier alpha value is -3.54. The van der Waals surface area contributed by atoms with Crippen LogP contribution in [0.2, 0.25) is 0 Å². The number of halogens is 2. The lowest BCUT2D eigenvalue weighted by Crippen LogP contribution is -2.45. The average molecular weight is 572 g/mol. The number of imidazole rings is 1. The van der Waals surface area contributed by atoms with Crippen LogP contribution in [0.15, 0.2) is 30.3 Å². The number of rotatable bonds is 10. The highest BCUT2D eigenvalue weighted by Crippen LogP contribution is 2.30. The van der Waals surface area contributed by atoms with Crippen LogP contribution in [0.3, 0.4) is 0 Å². The lowest BCUT2D eigenvalue weighted by atomic mass is 9.97. The molecule has 3 aromatic rings. The van der Waals surface area contributed by atoms with Gasteiger partial charge in [0.2, 0.25) is 5.95 Å². The van der Waals surface area contributed by atoms with E-state index in [1.165, 1.54) is 4.57 Å². The maximum absolute atomic E-state index is 14.2. The number of morpholine rings is 1. The minimum absolute atomic E-state index is 0.120. The second-order valence-electron chi connectivity index (χ2n) is 10.6. The molecule has 1 amide bonds. The van der Waals surface area contributed by atoms with Crippen molar-refractivity contribution in [1.82, 2.24) is 24.4 Å². The van der Waals surface area contributed by atoms with Crippen molar-refractivity contribution in [2.75, 3.05) is 56.2 Å². The van der Waals surface area contributed by atoms with Gasteiger partial charge in [-0.15, -0.1) is 0 Å². The lowest BCUT2D eigenvalue weighted by Gasteiger charge is -2.36. The number of likely N-dealkylation sites (tertiary alicyclic amines) is 1. The quantitative estimate of drug-likeness (QED) is 0.322. The van der Waals surface area contributed by atoms with Gasteiger partial charge >= 0.3 is 6.09 Å². The Morgan fingerprint density at radius 3 is 2.66 bits per heavy atom. The number of anilines is 2. The molecule has 1 N–H and O–H groups in total. The van der Waals surface area contributed by atoms with E-state index in [1.807, 2.05) is 0 Å². The zero-order chi connectivity index (χ0) is 28.8. The molecule has 1 atom stereocenters. The van der Waals surface area contributed by atoms with Gasteiger partial charge in [-0.1, -0.05) is 32.4 Å². The maximum Gasteiger partial charge on any atom is 0.409 e. The number of nitrogens with one attached hydrogen (secondary N) is 1. The van der Waals surface area contributed by atoms with Gasteiger partial charge in [-0.05, 0) is 43.7 Å². The van der Waals surface area contributed by atoms with Crippen LogP contribution in [0, 0.1) is 5.92 Å². The SMILES string of the molecule is CCCCOC(=O)N1CCC(CNc2nc(N3CCOC[C@H]3CC)cc(-n3c(C(F)F)nc4ccccc43)n2)CC1. The van der Waals surface area contributed by atoms with Crippen LogP contribution < -0.4 is 10.2 Å². The van der Waals surface area contributed by atoms with Crippen LogP contribution in [-0.2, 0) is 9.47 Å². The van der Waals surface area contributed by atoms with E-state index in [9.17, 15) is 13.6 Å². The number of piperidine rings is 1. The third kappa shape index (κ3) is 6.69. The van der Waals surface area contributed by atoms with E-state index in [2.05, 4.69) is 29.0 Å². The van der Waals surface area contributed by atoms with Gasteiger partial charge in [0.05, 0.1) is 36.9 Å². The Kier molecular flexibility index (Phi) is 9.48. The number of para-hydroxylation sites is 2. The number of amides is 1. The first-order valence-electron chi connectivity index (χ1n) is 14.6. The molecule has 0 radical (unpaired) electrons. The molecule has 2 aliphatic rings. The fourth-order valence-corrected chi connectivity index (χ4v) is 5.44. The van der Waals surface area contributed by atoms with Crippen LogP contribution in [0.1, 0.15) is 58.2 Å². The molecule has 41 heavy (non-hydrogen) atoms. The van der Waals surface area contributed by atoms with Gasteiger partial charge in [-0.3, -0.25) is 4.57 Å². The van der Waals surface area contributed by atoms with Crippen molar-refractivity contribution in [2.45, 2.75) is 58.4 Å². The molecule has 1 aromatic carbocycles. The standard InChI is InChI=1S/C29H39F2N7O3/c1-3-5-15-41-29(39)36-12-10-20(11-13-36)18-32-28-34-24(37-14-16-40-19-21(37)4-2)17-25(35-28)38-23-9-7-6-8-22(23)33-27(38)26(30)31/h6-9,17,20-21,26H,3-5,10-16,18-19H2,1-2H3,(H,32,34,35)/t21-/m1/s1. The van der Waals surface area contributed by atoms with E-state index in [1.54, 1.807) is 35.2 Å². The molecule has 4 heterocycles. The molecule has 0 unspecified atom stereocenters. The molecule has 0 spiro atoms. The summed E-state index contributed by atoms with van der Waals surface area (Å²) < 4.78 is 40.8. The number of carbonyl (C=O) groups excluding carboxylic acids is 1. The number of carbonyl (C=O) groups is 1. The normalized spacial score (nSPS) is 18.3. The summed E-state index contributed by atoms with van der Waals surface area (Å²) in [5, 5.41) is 3.38. The highest BCUT2D eigenvalue weighted by molar-refractivity contribution is 5.78. The number of ether oxygens (including phenoxy) is 2. The molecule has 12 heteroatoms. The fraction of sp³-hybridized carbons (Fsp3) is 0.586. The van der Waals surface area contributed by atoms with E-state index in [4.69, 9.17) is 19.4 Å². The molecule has 0 bridgehead atoms. The summed E-state index contributed by atoms with van der Waals surface area (Å²) >= 11 is 0. The Morgan fingerprint density at radius 1 is 1.12 bits per heavy atom. The largest absolute Gasteiger partial charge is 0.449 e. The van der Waals surface area contributed by atoms with Crippen LogP contribution in [-0.4, -0.2) is 82.6 Å². The van der Waals surface area contributed by atoms with Crippen molar-refractivity contribution < 1.29 is 23.0 Å². The van der Waals surface area contributed by atoms with Gasteiger partial charge in [-0.2, -0.15) is 9.97 Å². The van der Waals surface area contributed by atoms with Crippen LogP contribution >= 0.6 is 0 Å². The van der Waals surface area contributed by atoms with E-state index in [-0.39, 0.29) is 18.0 Å². The van der Waals surface area contributed by atoms with Gasteiger partial charge in [-0.25, -0.2) is 18.6 Å². The van der Waals surface area contributed by atoms with Gasteiger partial charge < -0.3 is 24.6 Å². The number of hydrogen-bond acceptors (Lipinski definition) is 8. The first-order valence-corrected chi connectivity index (χ1v) is 14.6. The first-order chi connectivity index (χ1) is 20.0. The van der Waals surface area contributed by atoms with Crippen molar-refractivity contribution in [2.24, 2.45) is 5.92 Å². The predicted molar refractivity (Wildman–Crippen MR) is 153 cm³/mol. The number of alkyl halides is 2. The van der Waals surface area contributed by atoms with E-state index < -0.39 is 6.43 Å². The monoisotopic (exact) mass is 571 g/mol. The number of benzene rings is 1. The van der Waals surface area contributed by atoms with Crippen LogP contribution in [0.5, 0.6) is 0 Å². The van der Waals surface area contributed by atoms with Crippen molar-refractivity contribution in [1.29, 1.82) is 0 Å². The minimum Gasteiger partial charge on any atom is -0.449 e. The molecule has 2 aliphatic heterocycles. The third-order valence-corrected chi connectivity index (χ3v) is 7.85. The molecule has 0 aliphatic carbocycles.